The number of hydrogen-bond acceptors (Lipinski definition) is 5. The molecule has 0 saturated heterocycles. The molecular weight excluding hydrogens is 388 g/mol. The van der Waals surface area contributed by atoms with Crippen LogP contribution in [0.5, 0.6) is 11.5 Å². The van der Waals surface area contributed by atoms with Crippen LogP contribution >= 0.6 is 0 Å². The number of methoxy groups -OCH3 is 1. The zero-order chi connectivity index (χ0) is 20.9. The van der Waals surface area contributed by atoms with Crippen LogP contribution < -0.4 is 19.9 Å². The van der Waals surface area contributed by atoms with Gasteiger partial charge in [-0.05, 0) is 42.8 Å². The second-order valence-corrected chi connectivity index (χ2v) is 8.21. The van der Waals surface area contributed by atoms with E-state index < -0.39 is 10.0 Å². The number of para-hydroxylation sites is 1. The van der Waals surface area contributed by atoms with Crippen LogP contribution in [0.3, 0.4) is 0 Å². The van der Waals surface area contributed by atoms with Gasteiger partial charge in [0.05, 0.1) is 12.0 Å². The van der Waals surface area contributed by atoms with Crippen LogP contribution in [-0.4, -0.2) is 15.5 Å². The molecule has 0 radical (unpaired) electrons. The molecule has 0 amide bonds. The number of primary sulfonamides is 1. The van der Waals surface area contributed by atoms with Crippen LogP contribution in [0.4, 0.5) is 5.69 Å². The predicted octanol–water partition coefficient (Wildman–Crippen LogP) is 3.84. The summed E-state index contributed by atoms with van der Waals surface area (Å²) in [4.78, 5) is 0.0755. The quantitative estimate of drug-likeness (QED) is 0.587. The molecule has 3 aromatic rings. The van der Waals surface area contributed by atoms with Gasteiger partial charge in [-0.25, -0.2) is 13.6 Å². The first kappa shape index (κ1) is 20.7. The molecule has 6 nitrogen and oxygen atoms in total. The number of aryl methyl sites for hydroxylation is 1. The van der Waals surface area contributed by atoms with Crippen molar-refractivity contribution in [2.45, 2.75) is 25.0 Å². The first-order chi connectivity index (χ1) is 13.9. The molecule has 0 fully saturated rings. The van der Waals surface area contributed by atoms with Crippen LogP contribution in [0.1, 0.15) is 16.7 Å². The Morgan fingerprint density at radius 3 is 2.28 bits per heavy atom. The minimum atomic E-state index is -3.70. The molecule has 0 aliphatic rings. The van der Waals surface area contributed by atoms with E-state index in [2.05, 4.69) is 17.4 Å². The molecule has 3 rings (SSSR count). The Morgan fingerprint density at radius 2 is 1.66 bits per heavy atom. The zero-order valence-corrected chi connectivity index (χ0v) is 17.2. The SMILES string of the molecule is COc1cccc(CNc2ccc(S(N)(=O)=O)cc2)c1OCc1ccc(C)cc1. The largest absolute Gasteiger partial charge is 0.493 e. The fraction of sp³-hybridized carbons (Fsp3) is 0.182. The van der Waals surface area contributed by atoms with E-state index in [9.17, 15) is 8.42 Å². The van der Waals surface area contributed by atoms with Crippen molar-refractivity contribution in [1.29, 1.82) is 0 Å². The number of ether oxygens (including phenoxy) is 2. The van der Waals surface area contributed by atoms with Crippen molar-refractivity contribution < 1.29 is 17.9 Å². The fourth-order valence-electron chi connectivity index (χ4n) is 2.82. The van der Waals surface area contributed by atoms with E-state index in [1.54, 1.807) is 19.2 Å². The third-order valence-electron chi connectivity index (χ3n) is 4.45. The summed E-state index contributed by atoms with van der Waals surface area (Å²) in [6.45, 7) is 2.95. The van der Waals surface area contributed by atoms with E-state index in [0.717, 1.165) is 16.8 Å². The summed E-state index contributed by atoms with van der Waals surface area (Å²) >= 11 is 0. The number of hydrogen-bond donors (Lipinski definition) is 2. The third kappa shape index (κ3) is 5.49. The van der Waals surface area contributed by atoms with Crippen LogP contribution in [0, 0.1) is 6.92 Å². The van der Waals surface area contributed by atoms with Crippen molar-refractivity contribution in [3.05, 3.63) is 83.4 Å². The van der Waals surface area contributed by atoms with Gasteiger partial charge >= 0.3 is 0 Å². The van der Waals surface area contributed by atoms with Crippen molar-refractivity contribution in [2.24, 2.45) is 5.14 Å². The maximum absolute atomic E-state index is 11.4. The molecule has 0 bridgehead atoms. The Labute approximate surface area is 171 Å². The lowest BCUT2D eigenvalue weighted by Crippen LogP contribution is -2.12. The van der Waals surface area contributed by atoms with Gasteiger partial charge in [-0.3, -0.25) is 0 Å². The normalized spacial score (nSPS) is 11.1. The number of nitrogens with one attached hydrogen (secondary N) is 1. The van der Waals surface area contributed by atoms with Crippen molar-refractivity contribution in [3.63, 3.8) is 0 Å². The summed E-state index contributed by atoms with van der Waals surface area (Å²) in [5.74, 6) is 1.32. The van der Waals surface area contributed by atoms with E-state index in [4.69, 9.17) is 14.6 Å². The van der Waals surface area contributed by atoms with Gasteiger partial charge in [0.2, 0.25) is 10.0 Å². The Kier molecular flexibility index (Phi) is 6.41. The van der Waals surface area contributed by atoms with E-state index in [1.807, 2.05) is 37.3 Å². The van der Waals surface area contributed by atoms with E-state index in [1.165, 1.54) is 17.7 Å². The highest BCUT2D eigenvalue weighted by atomic mass is 32.2. The molecule has 0 aromatic heterocycles. The van der Waals surface area contributed by atoms with Crippen molar-refractivity contribution in [1.82, 2.24) is 0 Å². The first-order valence-electron chi connectivity index (χ1n) is 9.08. The third-order valence-corrected chi connectivity index (χ3v) is 5.38. The summed E-state index contributed by atoms with van der Waals surface area (Å²) < 4.78 is 34.3. The standard InChI is InChI=1S/C22H24N2O4S/c1-16-6-8-17(9-7-16)15-28-22-18(4-3-5-21(22)27-2)14-24-19-10-12-20(13-11-19)29(23,25)26/h3-13,24H,14-15H2,1-2H3,(H2,23,25,26). The average Bonchev–Trinajstić information content (AvgIpc) is 2.71. The lowest BCUT2D eigenvalue weighted by molar-refractivity contribution is 0.281. The number of rotatable bonds is 8. The van der Waals surface area contributed by atoms with Crippen molar-refractivity contribution in [2.75, 3.05) is 12.4 Å². The maximum atomic E-state index is 11.4. The van der Waals surface area contributed by atoms with E-state index in [0.29, 0.717) is 24.7 Å². The minimum Gasteiger partial charge on any atom is -0.493 e. The average molecular weight is 413 g/mol. The fourth-order valence-corrected chi connectivity index (χ4v) is 3.34. The summed E-state index contributed by atoms with van der Waals surface area (Å²) in [5, 5.41) is 8.40. The Bertz CT molecular complexity index is 1060. The topological polar surface area (TPSA) is 90.6 Å². The van der Waals surface area contributed by atoms with Gasteiger partial charge in [0.15, 0.2) is 11.5 Å². The predicted molar refractivity (Wildman–Crippen MR) is 114 cm³/mol. The molecule has 7 heteroatoms. The second kappa shape index (κ2) is 8.98. The maximum Gasteiger partial charge on any atom is 0.238 e. The molecule has 0 aliphatic heterocycles. The summed E-state index contributed by atoms with van der Waals surface area (Å²) in [6.07, 6.45) is 0. The summed E-state index contributed by atoms with van der Waals surface area (Å²) in [7, 11) is -2.09. The zero-order valence-electron chi connectivity index (χ0n) is 16.4. The second-order valence-electron chi connectivity index (χ2n) is 6.65. The Balaban J connectivity index is 1.74. The van der Waals surface area contributed by atoms with Gasteiger partial charge in [-0.15, -0.1) is 0 Å². The van der Waals surface area contributed by atoms with Crippen molar-refractivity contribution in [3.8, 4) is 11.5 Å². The van der Waals surface area contributed by atoms with Gasteiger partial charge < -0.3 is 14.8 Å². The Morgan fingerprint density at radius 1 is 0.966 bits per heavy atom. The molecular formula is C22H24N2O4S. The number of sulfonamides is 1. The van der Waals surface area contributed by atoms with Crippen LogP contribution in [-0.2, 0) is 23.2 Å². The molecule has 0 heterocycles. The van der Waals surface area contributed by atoms with Crippen LogP contribution in [0.15, 0.2) is 71.6 Å². The molecule has 0 unspecified atom stereocenters. The van der Waals surface area contributed by atoms with Gasteiger partial charge in [-0.1, -0.05) is 42.0 Å². The number of nitrogens with two attached hydrogens (primary N) is 1. The summed E-state index contributed by atoms with van der Waals surface area (Å²) in [5.41, 5.74) is 3.96. The monoisotopic (exact) mass is 412 g/mol. The molecule has 3 aromatic carbocycles. The smallest absolute Gasteiger partial charge is 0.238 e. The first-order valence-corrected chi connectivity index (χ1v) is 10.6. The van der Waals surface area contributed by atoms with Crippen molar-refractivity contribution >= 4 is 15.7 Å². The van der Waals surface area contributed by atoms with Crippen LogP contribution in [0.25, 0.3) is 0 Å². The number of benzene rings is 3. The molecule has 0 atom stereocenters. The number of anilines is 1. The van der Waals surface area contributed by atoms with E-state index in [-0.39, 0.29) is 4.90 Å². The van der Waals surface area contributed by atoms with Crippen LogP contribution in [0.2, 0.25) is 0 Å². The van der Waals surface area contributed by atoms with E-state index >= 15 is 0 Å². The summed E-state index contributed by atoms with van der Waals surface area (Å²) in [6, 6.07) is 20.2. The Hall–Kier alpha value is -3.03. The molecule has 0 aliphatic carbocycles. The highest BCUT2D eigenvalue weighted by Gasteiger charge is 2.12. The molecule has 3 N–H and O–H groups in total. The molecule has 152 valence electrons. The lowest BCUT2D eigenvalue weighted by atomic mass is 10.1. The van der Waals surface area contributed by atoms with Gasteiger partial charge in [0, 0.05) is 17.8 Å². The molecule has 0 spiro atoms. The molecule has 29 heavy (non-hydrogen) atoms. The molecule has 0 saturated carbocycles. The highest BCUT2D eigenvalue weighted by molar-refractivity contribution is 7.89. The lowest BCUT2D eigenvalue weighted by Gasteiger charge is -2.16. The van der Waals surface area contributed by atoms with Gasteiger partial charge in [-0.2, -0.15) is 0 Å². The minimum absolute atomic E-state index is 0.0755. The van der Waals surface area contributed by atoms with Gasteiger partial charge in [0.1, 0.15) is 6.61 Å². The highest BCUT2D eigenvalue weighted by Crippen LogP contribution is 2.32. The van der Waals surface area contributed by atoms with Gasteiger partial charge in [0.25, 0.3) is 0 Å².